The van der Waals surface area contributed by atoms with Crippen LogP contribution in [-0.4, -0.2) is 11.5 Å². The third-order valence-electron chi connectivity index (χ3n) is 1.93. The van der Waals surface area contributed by atoms with Crippen molar-refractivity contribution >= 4 is 11.4 Å². The molecule has 0 radical (unpaired) electrons. The molecule has 0 fully saturated rings. The molecule has 0 bridgehead atoms. The maximum Gasteiger partial charge on any atom is 0.271 e. The number of allylic oxidation sites excluding steroid dienone is 1. The van der Waals surface area contributed by atoms with Gasteiger partial charge in [-0.2, -0.15) is 0 Å². The van der Waals surface area contributed by atoms with Gasteiger partial charge in [-0.1, -0.05) is 18.2 Å². The first-order valence-corrected chi connectivity index (χ1v) is 4.83. The first-order valence-electron chi connectivity index (χ1n) is 4.83. The molecule has 0 heterocycles. The fourth-order valence-electron chi connectivity index (χ4n) is 1.20. The lowest BCUT2D eigenvalue weighted by Crippen LogP contribution is -2.00. The van der Waals surface area contributed by atoms with Crippen LogP contribution in [0.15, 0.2) is 36.4 Å². The number of nitro groups is 1. The molecule has 15 heavy (non-hydrogen) atoms. The highest BCUT2D eigenvalue weighted by atomic mass is 16.6. The summed E-state index contributed by atoms with van der Waals surface area (Å²) < 4.78 is 0. The summed E-state index contributed by atoms with van der Waals surface area (Å²) >= 11 is 0. The van der Waals surface area contributed by atoms with Crippen molar-refractivity contribution in [1.82, 2.24) is 0 Å². The van der Waals surface area contributed by atoms with Crippen LogP contribution in [0.3, 0.4) is 0 Å². The predicted molar refractivity (Wildman–Crippen MR) is 61.0 cm³/mol. The predicted octanol–water partition coefficient (Wildman–Crippen LogP) is 2.97. The highest BCUT2D eigenvalue weighted by molar-refractivity contribution is 5.50. The first-order chi connectivity index (χ1) is 7.24. The second-order valence-corrected chi connectivity index (χ2v) is 3.09. The molecule has 0 aromatic heterocycles. The number of nitro benzene ring substituents is 1. The van der Waals surface area contributed by atoms with E-state index in [2.05, 4.69) is 5.32 Å². The third-order valence-corrected chi connectivity index (χ3v) is 1.93. The molecule has 0 aliphatic carbocycles. The van der Waals surface area contributed by atoms with E-state index in [1.54, 1.807) is 6.07 Å². The van der Waals surface area contributed by atoms with Crippen molar-refractivity contribution in [1.29, 1.82) is 0 Å². The molecule has 0 aliphatic rings. The largest absolute Gasteiger partial charge is 0.385 e. The fourth-order valence-corrected chi connectivity index (χ4v) is 1.20. The third kappa shape index (κ3) is 3.81. The van der Waals surface area contributed by atoms with Crippen LogP contribution in [0, 0.1) is 10.1 Å². The van der Waals surface area contributed by atoms with E-state index < -0.39 is 4.92 Å². The first kappa shape index (κ1) is 11.2. The lowest BCUT2D eigenvalue weighted by molar-refractivity contribution is -0.384. The Morgan fingerprint density at radius 3 is 3.00 bits per heavy atom. The van der Waals surface area contributed by atoms with Gasteiger partial charge in [0.15, 0.2) is 0 Å². The molecule has 0 aliphatic heterocycles. The maximum absolute atomic E-state index is 10.5. The van der Waals surface area contributed by atoms with Crippen LogP contribution in [-0.2, 0) is 0 Å². The van der Waals surface area contributed by atoms with Gasteiger partial charge in [-0.05, 0) is 19.4 Å². The van der Waals surface area contributed by atoms with Gasteiger partial charge in [0.1, 0.15) is 0 Å². The number of nitrogens with zero attached hydrogens (tertiary/aromatic N) is 1. The van der Waals surface area contributed by atoms with Crippen LogP contribution in [0.2, 0.25) is 0 Å². The summed E-state index contributed by atoms with van der Waals surface area (Å²) in [6.07, 6.45) is 4.94. The zero-order valence-electron chi connectivity index (χ0n) is 8.64. The van der Waals surface area contributed by atoms with Crippen molar-refractivity contribution in [3.8, 4) is 0 Å². The molecule has 1 N–H and O–H groups in total. The van der Waals surface area contributed by atoms with Crippen LogP contribution < -0.4 is 5.32 Å². The smallest absolute Gasteiger partial charge is 0.271 e. The summed E-state index contributed by atoms with van der Waals surface area (Å²) in [5.41, 5.74) is 0.903. The highest BCUT2D eigenvalue weighted by Crippen LogP contribution is 2.16. The Bertz CT molecular complexity index is 361. The zero-order chi connectivity index (χ0) is 11.1. The number of benzene rings is 1. The van der Waals surface area contributed by atoms with E-state index in [0.717, 1.165) is 18.7 Å². The van der Waals surface area contributed by atoms with Crippen molar-refractivity contribution in [2.24, 2.45) is 0 Å². The van der Waals surface area contributed by atoms with Crippen LogP contribution in [0.4, 0.5) is 11.4 Å². The quantitative estimate of drug-likeness (QED) is 0.349. The molecule has 1 rings (SSSR count). The van der Waals surface area contributed by atoms with Gasteiger partial charge in [-0.3, -0.25) is 10.1 Å². The van der Waals surface area contributed by atoms with E-state index in [1.165, 1.54) is 12.1 Å². The molecule has 1 aromatic carbocycles. The minimum Gasteiger partial charge on any atom is -0.385 e. The minimum absolute atomic E-state index is 0.117. The molecular weight excluding hydrogens is 192 g/mol. The number of non-ortho nitro benzene ring substituents is 1. The van der Waals surface area contributed by atoms with Crippen molar-refractivity contribution in [2.45, 2.75) is 13.3 Å². The standard InChI is InChI=1S/C11H14N2O2/c1-2-3-4-8-12-10-6-5-7-11(9-10)13(14)15/h2-3,5-7,9,12H,4,8H2,1H3/b3-2+. The number of nitrogens with one attached hydrogen (secondary N) is 1. The van der Waals surface area contributed by atoms with Crippen LogP contribution in [0.5, 0.6) is 0 Å². The average molecular weight is 206 g/mol. The molecule has 4 heteroatoms. The highest BCUT2D eigenvalue weighted by Gasteiger charge is 2.04. The lowest BCUT2D eigenvalue weighted by Gasteiger charge is -2.03. The van der Waals surface area contributed by atoms with Crippen molar-refractivity contribution in [2.75, 3.05) is 11.9 Å². The SMILES string of the molecule is C/C=C/CCNc1cccc([N+](=O)[O-])c1. The molecule has 0 amide bonds. The van der Waals surface area contributed by atoms with Gasteiger partial charge >= 0.3 is 0 Å². The number of hydrogen-bond donors (Lipinski definition) is 1. The molecule has 0 saturated heterocycles. The second-order valence-electron chi connectivity index (χ2n) is 3.09. The molecule has 0 atom stereocenters. The van der Waals surface area contributed by atoms with Gasteiger partial charge in [0.2, 0.25) is 0 Å². The monoisotopic (exact) mass is 206 g/mol. The average Bonchev–Trinajstić information content (AvgIpc) is 2.25. The van der Waals surface area contributed by atoms with Crippen LogP contribution in [0.25, 0.3) is 0 Å². The van der Waals surface area contributed by atoms with Gasteiger partial charge < -0.3 is 5.32 Å². The Morgan fingerprint density at radius 1 is 1.53 bits per heavy atom. The Hall–Kier alpha value is -1.84. The summed E-state index contributed by atoms with van der Waals surface area (Å²) in [5, 5.41) is 13.6. The maximum atomic E-state index is 10.5. The van der Waals surface area contributed by atoms with Gasteiger partial charge in [0.05, 0.1) is 4.92 Å². The number of rotatable bonds is 5. The van der Waals surface area contributed by atoms with E-state index in [0.29, 0.717) is 0 Å². The lowest BCUT2D eigenvalue weighted by atomic mass is 10.2. The summed E-state index contributed by atoms with van der Waals surface area (Å²) in [5.74, 6) is 0. The molecule has 0 spiro atoms. The Balaban J connectivity index is 2.54. The summed E-state index contributed by atoms with van der Waals surface area (Å²) in [6, 6.07) is 6.52. The van der Waals surface area contributed by atoms with E-state index in [9.17, 15) is 10.1 Å². The van der Waals surface area contributed by atoms with Gasteiger partial charge in [-0.25, -0.2) is 0 Å². The molecule has 0 unspecified atom stereocenters. The Kier molecular flexibility index (Phi) is 4.34. The van der Waals surface area contributed by atoms with Crippen LogP contribution >= 0.6 is 0 Å². The summed E-state index contributed by atoms with van der Waals surface area (Å²) in [6.45, 7) is 2.75. The normalized spacial score (nSPS) is 10.5. The van der Waals surface area contributed by atoms with E-state index in [4.69, 9.17) is 0 Å². The van der Waals surface area contributed by atoms with Gasteiger partial charge in [0.25, 0.3) is 5.69 Å². The van der Waals surface area contributed by atoms with E-state index >= 15 is 0 Å². The zero-order valence-corrected chi connectivity index (χ0v) is 8.64. The summed E-state index contributed by atoms with van der Waals surface area (Å²) in [4.78, 5) is 10.1. The summed E-state index contributed by atoms with van der Waals surface area (Å²) in [7, 11) is 0. The molecule has 80 valence electrons. The Morgan fingerprint density at radius 2 is 2.33 bits per heavy atom. The van der Waals surface area contributed by atoms with E-state index in [1.807, 2.05) is 25.1 Å². The van der Waals surface area contributed by atoms with Crippen molar-refractivity contribution in [3.63, 3.8) is 0 Å². The second kappa shape index (κ2) is 5.80. The number of anilines is 1. The number of hydrogen-bond acceptors (Lipinski definition) is 3. The van der Waals surface area contributed by atoms with Crippen molar-refractivity contribution in [3.05, 3.63) is 46.5 Å². The van der Waals surface area contributed by atoms with Gasteiger partial charge in [0, 0.05) is 24.4 Å². The molecule has 0 saturated carbocycles. The van der Waals surface area contributed by atoms with Gasteiger partial charge in [-0.15, -0.1) is 0 Å². The molecule has 1 aromatic rings. The van der Waals surface area contributed by atoms with Crippen molar-refractivity contribution < 1.29 is 4.92 Å². The Labute approximate surface area is 88.8 Å². The minimum atomic E-state index is -0.392. The fraction of sp³-hybridized carbons (Fsp3) is 0.273. The van der Waals surface area contributed by atoms with Crippen LogP contribution in [0.1, 0.15) is 13.3 Å². The van der Waals surface area contributed by atoms with E-state index in [-0.39, 0.29) is 5.69 Å². The molecule has 4 nitrogen and oxygen atoms in total. The topological polar surface area (TPSA) is 55.2 Å². The molecular formula is C11H14N2O2.